The molecule has 3 unspecified atom stereocenters. The van der Waals surface area contributed by atoms with Crippen LogP contribution >= 0.6 is 0 Å². The van der Waals surface area contributed by atoms with Crippen LogP contribution in [0.4, 0.5) is 4.79 Å². The highest BCUT2D eigenvalue weighted by Crippen LogP contribution is 2.21. The summed E-state index contributed by atoms with van der Waals surface area (Å²) >= 11 is 0. The first-order chi connectivity index (χ1) is 10.8. The fraction of sp³-hybridized carbons (Fsp3) is 0.944. The summed E-state index contributed by atoms with van der Waals surface area (Å²) in [6, 6.07) is 0.777. The average molecular weight is 328 g/mol. The summed E-state index contributed by atoms with van der Waals surface area (Å²) in [7, 11) is 1.80. The van der Waals surface area contributed by atoms with Crippen LogP contribution in [0.3, 0.4) is 0 Å². The van der Waals surface area contributed by atoms with Crippen molar-refractivity contribution in [3.05, 3.63) is 0 Å². The first-order valence-electron chi connectivity index (χ1n) is 9.09. The molecule has 1 saturated carbocycles. The topological polar surface area (TPSA) is 59.6 Å². The molecule has 5 nitrogen and oxygen atoms in total. The molecule has 2 N–H and O–H groups in total. The zero-order chi connectivity index (χ0) is 17.3. The number of hydrogen-bond donors (Lipinski definition) is 2. The van der Waals surface area contributed by atoms with Crippen LogP contribution < -0.4 is 10.6 Å². The van der Waals surface area contributed by atoms with Crippen molar-refractivity contribution in [3.63, 3.8) is 0 Å². The molecule has 0 bridgehead atoms. The summed E-state index contributed by atoms with van der Waals surface area (Å²) in [5, 5.41) is 6.63. The first-order valence-corrected chi connectivity index (χ1v) is 9.09. The number of carbonyl (C=O) groups excluding carboxylic acids is 1. The Labute approximate surface area is 141 Å². The highest BCUT2D eigenvalue weighted by molar-refractivity contribution is 5.67. The van der Waals surface area contributed by atoms with Crippen LogP contribution in [0.1, 0.15) is 72.6 Å². The summed E-state index contributed by atoms with van der Waals surface area (Å²) in [4.78, 5) is 11.8. The normalized spacial score (nSPS) is 23.3. The zero-order valence-electron chi connectivity index (χ0n) is 15.6. The number of hydrogen-bond acceptors (Lipinski definition) is 4. The molecule has 1 aliphatic rings. The predicted octanol–water partition coefficient (Wildman–Crippen LogP) is 3.62. The van der Waals surface area contributed by atoms with Crippen molar-refractivity contribution in [1.82, 2.24) is 10.6 Å². The molecule has 0 spiro atoms. The third-order valence-corrected chi connectivity index (χ3v) is 4.23. The lowest BCUT2D eigenvalue weighted by molar-refractivity contribution is 0.0497. The Hall–Kier alpha value is -0.810. The summed E-state index contributed by atoms with van der Waals surface area (Å²) in [5.74, 6) is 0. The Kier molecular flexibility index (Phi) is 8.92. The van der Waals surface area contributed by atoms with E-state index in [0.29, 0.717) is 24.7 Å². The van der Waals surface area contributed by atoms with Gasteiger partial charge in [-0.25, -0.2) is 4.79 Å². The van der Waals surface area contributed by atoms with Crippen LogP contribution in [0.2, 0.25) is 0 Å². The van der Waals surface area contributed by atoms with Crippen LogP contribution in [0.5, 0.6) is 0 Å². The smallest absolute Gasteiger partial charge is 0.407 e. The van der Waals surface area contributed by atoms with Gasteiger partial charge in [0, 0.05) is 25.7 Å². The van der Waals surface area contributed by atoms with Crippen LogP contribution in [-0.2, 0) is 9.47 Å². The van der Waals surface area contributed by atoms with E-state index in [4.69, 9.17) is 9.47 Å². The van der Waals surface area contributed by atoms with Gasteiger partial charge in [0.2, 0.25) is 0 Å². The number of carbonyl (C=O) groups is 1. The minimum atomic E-state index is -0.453. The molecule has 5 heteroatoms. The summed E-state index contributed by atoms with van der Waals surface area (Å²) in [6.07, 6.45) is 8.04. The van der Waals surface area contributed by atoms with Gasteiger partial charge in [-0.2, -0.15) is 0 Å². The maximum Gasteiger partial charge on any atom is 0.407 e. The van der Waals surface area contributed by atoms with E-state index >= 15 is 0 Å². The average Bonchev–Trinajstić information content (AvgIpc) is 2.48. The van der Waals surface area contributed by atoms with Crippen LogP contribution in [-0.4, -0.2) is 43.5 Å². The zero-order valence-corrected chi connectivity index (χ0v) is 15.6. The molecule has 0 aromatic heterocycles. The molecule has 0 heterocycles. The third-order valence-electron chi connectivity index (χ3n) is 4.23. The first kappa shape index (κ1) is 20.2. The van der Waals surface area contributed by atoms with Crippen molar-refractivity contribution < 1.29 is 14.3 Å². The number of alkyl carbamates (subject to hydrolysis) is 1. The Morgan fingerprint density at radius 3 is 2.65 bits per heavy atom. The minimum Gasteiger partial charge on any atom is -0.444 e. The molecule has 23 heavy (non-hydrogen) atoms. The van der Waals surface area contributed by atoms with Crippen molar-refractivity contribution in [2.45, 2.75) is 96.4 Å². The number of methoxy groups -OCH3 is 1. The van der Waals surface area contributed by atoms with Crippen LogP contribution in [0.25, 0.3) is 0 Å². The maximum absolute atomic E-state index is 11.8. The quantitative estimate of drug-likeness (QED) is 0.714. The lowest BCUT2D eigenvalue weighted by Crippen LogP contribution is -2.48. The van der Waals surface area contributed by atoms with E-state index in [9.17, 15) is 4.79 Å². The van der Waals surface area contributed by atoms with Crippen LogP contribution in [0, 0.1) is 0 Å². The number of nitrogens with one attached hydrogen (secondary N) is 2. The van der Waals surface area contributed by atoms with Crippen molar-refractivity contribution in [2.24, 2.45) is 0 Å². The van der Waals surface area contributed by atoms with E-state index < -0.39 is 5.60 Å². The van der Waals surface area contributed by atoms with E-state index in [1.165, 1.54) is 12.8 Å². The van der Waals surface area contributed by atoms with Gasteiger partial charge in [-0.1, -0.05) is 19.8 Å². The van der Waals surface area contributed by atoms with E-state index in [1.54, 1.807) is 7.11 Å². The van der Waals surface area contributed by atoms with Gasteiger partial charge in [-0.3, -0.25) is 0 Å². The highest BCUT2D eigenvalue weighted by atomic mass is 16.6. The van der Waals surface area contributed by atoms with Crippen molar-refractivity contribution in [1.29, 1.82) is 0 Å². The molecular weight excluding hydrogens is 292 g/mol. The lowest BCUT2D eigenvalue weighted by Gasteiger charge is -2.32. The van der Waals surface area contributed by atoms with Crippen LogP contribution in [0.15, 0.2) is 0 Å². The molecule has 0 aromatic rings. The largest absolute Gasteiger partial charge is 0.444 e. The third kappa shape index (κ3) is 9.16. The fourth-order valence-corrected chi connectivity index (χ4v) is 3.06. The Morgan fingerprint density at radius 1 is 1.30 bits per heavy atom. The molecule has 0 aliphatic heterocycles. The summed E-state index contributed by atoms with van der Waals surface area (Å²) in [6.45, 7) is 8.45. The second kappa shape index (κ2) is 10.1. The second-order valence-corrected chi connectivity index (χ2v) is 7.61. The Morgan fingerprint density at radius 2 is 2.04 bits per heavy atom. The molecule has 0 radical (unpaired) electrons. The van der Waals surface area contributed by atoms with Crippen molar-refractivity contribution >= 4 is 6.09 Å². The van der Waals surface area contributed by atoms with Gasteiger partial charge in [-0.15, -0.1) is 0 Å². The van der Waals surface area contributed by atoms with Gasteiger partial charge in [0.25, 0.3) is 0 Å². The van der Waals surface area contributed by atoms with Crippen molar-refractivity contribution in [2.75, 3.05) is 13.7 Å². The number of rotatable bonds is 8. The van der Waals surface area contributed by atoms with Gasteiger partial charge >= 0.3 is 6.09 Å². The molecule has 1 rings (SSSR count). The molecular formula is C18H36N2O3. The minimum absolute atomic E-state index is 0.295. The predicted molar refractivity (Wildman–Crippen MR) is 93.7 cm³/mol. The standard InChI is InChI=1S/C18H36N2O3/c1-6-7-9-15(13-19-17(21)23-18(2,3)4)20-14-10-8-11-16(12-14)22-5/h14-16,20H,6-13H2,1-5H3,(H,19,21). The van der Waals surface area contributed by atoms with Gasteiger partial charge in [-0.05, 0) is 52.9 Å². The van der Waals surface area contributed by atoms with Gasteiger partial charge in [0.05, 0.1) is 6.10 Å². The van der Waals surface area contributed by atoms with E-state index in [0.717, 1.165) is 32.1 Å². The Balaban J connectivity index is 2.43. The van der Waals surface area contributed by atoms with Gasteiger partial charge in [0.1, 0.15) is 5.60 Å². The number of ether oxygens (including phenoxy) is 2. The number of unbranched alkanes of at least 4 members (excludes halogenated alkanes) is 1. The molecule has 0 aromatic carbocycles. The molecule has 1 fully saturated rings. The SMILES string of the molecule is CCCCC(CNC(=O)OC(C)(C)C)NC1CCCC(OC)C1. The maximum atomic E-state index is 11.8. The second-order valence-electron chi connectivity index (χ2n) is 7.61. The number of amides is 1. The summed E-state index contributed by atoms with van der Waals surface area (Å²) in [5.41, 5.74) is -0.453. The van der Waals surface area contributed by atoms with E-state index in [-0.39, 0.29) is 6.09 Å². The van der Waals surface area contributed by atoms with E-state index in [2.05, 4.69) is 17.6 Å². The molecule has 3 atom stereocenters. The highest BCUT2D eigenvalue weighted by Gasteiger charge is 2.24. The lowest BCUT2D eigenvalue weighted by atomic mass is 9.92. The van der Waals surface area contributed by atoms with Gasteiger partial charge in [0.15, 0.2) is 0 Å². The summed E-state index contributed by atoms with van der Waals surface area (Å²) < 4.78 is 10.8. The molecule has 1 aliphatic carbocycles. The molecule has 1 amide bonds. The van der Waals surface area contributed by atoms with Crippen molar-refractivity contribution in [3.8, 4) is 0 Å². The molecule has 136 valence electrons. The Bertz CT molecular complexity index is 342. The van der Waals surface area contributed by atoms with Gasteiger partial charge < -0.3 is 20.1 Å². The van der Waals surface area contributed by atoms with E-state index in [1.807, 2.05) is 20.8 Å². The fourth-order valence-electron chi connectivity index (χ4n) is 3.06. The monoisotopic (exact) mass is 328 g/mol. The molecule has 0 saturated heterocycles.